The summed E-state index contributed by atoms with van der Waals surface area (Å²) in [7, 11) is 0. The average molecular weight is 505 g/mol. The molecule has 10 heteroatoms. The van der Waals surface area contributed by atoms with Crippen molar-refractivity contribution in [3.63, 3.8) is 0 Å². The van der Waals surface area contributed by atoms with E-state index >= 15 is 0 Å². The third-order valence-electron chi connectivity index (χ3n) is 4.25. The first-order valence-electron chi connectivity index (χ1n) is 9.31. The minimum absolute atomic E-state index is 0.253. The maximum Gasteiger partial charge on any atom is 0.325 e. The number of aromatic nitrogens is 2. The molecule has 0 spiro atoms. The lowest BCUT2D eigenvalue weighted by molar-refractivity contribution is 0.262. The van der Waals surface area contributed by atoms with E-state index in [9.17, 15) is 9.18 Å². The minimum atomic E-state index is -0.468. The van der Waals surface area contributed by atoms with Gasteiger partial charge in [-0.2, -0.15) is 0 Å². The molecule has 32 heavy (non-hydrogen) atoms. The highest BCUT2D eigenvalue weighted by Gasteiger charge is 2.13. The highest BCUT2D eigenvalue weighted by Crippen LogP contribution is 2.36. The molecule has 4 aromatic rings. The molecule has 162 valence electrons. The quantitative estimate of drug-likeness (QED) is 0.265. The molecule has 0 radical (unpaired) electrons. The molecule has 0 bridgehead atoms. The van der Waals surface area contributed by atoms with E-state index in [1.807, 2.05) is 24.3 Å². The molecule has 2 N–H and O–H groups in total. The van der Waals surface area contributed by atoms with E-state index in [0.717, 1.165) is 16.0 Å². The van der Waals surface area contributed by atoms with Crippen molar-refractivity contribution in [2.45, 2.75) is 10.6 Å². The van der Waals surface area contributed by atoms with Gasteiger partial charge in [-0.25, -0.2) is 9.18 Å². The number of rotatable bonds is 6. The van der Waals surface area contributed by atoms with Crippen LogP contribution in [0.25, 0.3) is 10.6 Å². The molecule has 1 heterocycles. The van der Waals surface area contributed by atoms with Gasteiger partial charge in [-0.1, -0.05) is 64.9 Å². The molecule has 4 rings (SSSR count). The van der Waals surface area contributed by atoms with Crippen LogP contribution >= 0.6 is 46.3 Å². The number of carbonyl (C=O) groups is 1. The Labute approximate surface area is 202 Å². The fourth-order valence-corrected chi connectivity index (χ4v) is 4.88. The van der Waals surface area contributed by atoms with Gasteiger partial charge in [0.05, 0.1) is 10.0 Å². The third kappa shape index (κ3) is 5.77. The molecule has 0 aliphatic carbocycles. The van der Waals surface area contributed by atoms with Gasteiger partial charge in [0.1, 0.15) is 5.82 Å². The lowest BCUT2D eigenvalue weighted by Crippen LogP contribution is -2.19. The van der Waals surface area contributed by atoms with Crippen LogP contribution < -0.4 is 10.6 Å². The van der Waals surface area contributed by atoms with E-state index in [1.54, 1.807) is 42.1 Å². The molecule has 1 aromatic heterocycles. The number of halogens is 3. The second-order valence-electron chi connectivity index (χ2n) is 6.53. The summed E-state index contributed by atoms with van der Waals surface area (Å²) in [4.78, 5) is 13.3. The van der Waals surface area contributed by atoms with Crippen LogP contribution in [0, 0.1) is 5.82 Å². The second kappa shape index (κ2) is 10.3. The Morgan fingerprint density at radius 2 is 1.75 bits per heavy atom. The van der Waals surface area contributed by atoms with Crippen LogP contribution in [0.2, 0.25) is 10.0 Å². The lowest BCUT2D eigenvalue weighted by Gasteiger charge is -2.07. The van der Waals surface area contributed by atoms with Gasteiger partial charge >= 0.3 is 6.03 Å². The standard InChI is InChI=1S/C22H15Cl2FN4OS2/c23-17-10-9-15(11-18(17)24)26-21(30)27-22-29-28-20(32-22)16-3-1-2-4-19(16)31-12-13-5-7-14(25)8-6-13/h1-11H,12H2,(H2,26,27,29,30). The predicted octanol–water partition coefficient (Wildman–Crippen LogP) is 7.59. The van der Waals surface area contributed by atoms with Crippen molar-refractivity contribution in [3.05, 3.63) is 88.2 Å². The summed E-state index contributed by atoms with van der Waals surface area (Å²) in [6, 6.07) is 18.6. The molecule has 0 unspecified atom stereocenters. The van der Waals surface area contributed by atoms with Gasteiger partial charge in [-0.3, -0.25) is 5.32 Å². The molecule has 3 aromatic carbocycles. The van der Waals surface area contributed by atoms with Gasteiger partial charge in [0, 0.05) is 21.9 Å². The van der Waals surface area contributed by atoms with E-state index in [0.29, 0.717) is 31.6 Å². The van der Waals surface area contributed by atoms with Crippen LogP contribution in [0.5, 0.6) is 0 Å². The van der Waals surface area contributed by atoms with Gasteiger partial charge in [-0.05, 0) is 42.0 Å². The fraction of sp³-hybridized carbons (Fsp3) is 0.0455. The highest BCUT2D eigenvalue weighted by atomic mass is 35.5. The molecular weight excluding hydrogens is 490 g/mol. The van der Waals surface area contributed by atoms with Gasteiger partial charge in [0.2, 0.25) is 5.13 Å². The van der Waals surface area contributed by atoms with Gasteiger partial charge in [0.25, 0.3) is 0 Å². The Morgan fingerprint density at radius 3 is 2.53 bits per heavy atom. The topological polar surface area (TPSA) is 66.9 Å². The molecule has 0 saturated carbocycles. The lowest BCUT2D eigenvalue weighted by atomic mass is 10.2. The summed E-state index contributed by atoms with van der Waals surface area (Å²) in [6.07, 6.45) is 0. The molecule has 0 aliphatic heterocycles. The van der Waals surface area contributed by atoms with Crippen LogP contribution in [0.1, 0.15) is 5.56 Å². The average Bonchev–Trinajstić information content (AvgIpc) is 3.24. The number of nitrogens with one attached hydrogen (secondary N) is 2. The van der Waals surface area contributed by atoms with Crippen molar-refractivity contribution >= 4 is 63.2 Å². The van der Waals surface area contributed by atoms with Crippen LogP contribution in [0.4, 0.5) is 20.0 Å². The zero-order valence-corrected chi connectivity index (χ0v) is 19.5. The van der Waals surface area contributed by atoms with E-state index in [2.05, 4.69) is 20.8 Å². The van der Waals surface area contributed by atoms with Gasteiger partial charge in [-0.15, -0.1) is 22.0 Å². The molecule has 0 fully saturated rings. The van der Waals surface area contributed by atoms with Crippen LogP contribution in [0.15, 0.2) is 71.6 Å². The Bertz CT molecular complexity index is 1250. The normalized spacial score (nSPS) is 10.7. The monoisotopic (exact) mass is 504 g/mol. The number of thioether (sulfide) groups is 1. The highest BCUT2D eigenvalue weighted by molar-refractivity contribution is 7.98. The number of amides is 2. The maximum absolute atomic E-state index is 13.1. The smallest absolute Gasteiger partial charge is 0.308 e. The molecule has 0 saturated heterocycles. The van der Waals surface area contributed by atoms with Crippen LogP contribution in [-0.2, 0) is 5.75 Å². The first-order valence-corrected chi connectivity index (χ1v) is 11.9. The van der Waals surface area contributed by atoms with Crippen molar-refractivity contribution in [1.82, 2.24) is 10.2 Å². The second-order valence-corrected chi connectivity index (χ2v) is 9.34. The summed E-state index contributed by atoms with van der Waals surface area (Å²) < 4.78 is 13.1. The molecule has 5 nitrogen and oxygen atoms in total. The van der Waals surface area contributed by atoms with Gasteiger partial charge in [0.15, 0.2) is 5.01 Å². The van der Waals surface area contributed by atoms with Crippen molar-refractivity contribution in [2.75, 3.05) is 10.6 Å². The molecule has 0 aliphatic rings. The Morgan fingerprint density at radius 1 is 0.969 bits per heavy atom. The summed E-state index contributed by atoms with van der Waals surface area (Å²) in [5.41, 5.74) is 2.43. The minimum Gasteiger partial charge on any atom is -0.308 e. The van der Waals surface area contributed by atoms with E-state index in [4.69, 9.17) is 23.2 Å². The number of nitrogens with zero attached hydrogens (tertiary/aromatic N) is 2. The number of benzene rings is 3. The largest absolute Gasteiger partial charge is 0.325 e. The number of hydrogen-bond acceptors (Lipinski definition) is 5. The number of urea groups is 1. The van der Waals surface area contributed by atoms with Crippen LogP contribution in [0.3, 0.4) is 0 Å². The Hall–Kier alpha value is -2.65. The van der Waals surface area contributed by atoms with Crippen molar-refractivity contribution in [1.29, 1.82) is 0 Å². The van der Waals surface area contributed by atoms with Crippen molar-refractivity contribution in [2.24, 2.45) is 0 Å². The van der Waals surface area contributed by atoms with Crippen LogP contribution in [-0.4, -0.2) is 16.2 Å². The Balaban J connectivity index is 1.43. The maximum atomic E-state index is 13.1. The van der Waals surface area contributed by atoms with E-state index < -0.39 is 6.03 Å². The number of hydrogen-bond donors (Lipinski definition) is 2. The molecule has 2 amide bonds. The summed E-state index contributed by atoms with van der Waals surface area (Å²) >= 11 is 14.7. The van der Waals surface area contributed by atoms with E-state index in [1.165, 1.54) is 23.5 Å². The molecule has 0 atom stereocenters. The summed E-state index contributed by atoms with van der Waals surface area (Å²) in [5.74, 6) is 0.434. The molecular formula is C22H15Cl2FN4OS2. The predicted molar refractivity (Wildman–Crippen MR) is 130 cm³/mol. The number of carbonyl (C=O) groups excluding carboxylic acids is 1. The first kappa shape index (κ1) is 22.5. The third-order valence-corrected chi connectivity index (χ3v) is 7.00. The Kier molecular flexibility index (Phi) is 7.26. The summed E-state index contributed by atoms with van der Waals surface area (Å²) in [5, 5.41) is 15.4. The first-order chi connectivity index (χ1) is 15.5. The zero-order chi connectivity index (χ0) is 22.5. The fourth-order valence-electron chi connectivity index (χ4n) is 2.73. The van der Waals surface area contributed by atoms with Gasteiger partial charge < -0.3 is 5.32 Å². The summed E-state index contributed by atoms with van der Waals surface area (Å²) in [6.45, 7) is 0. The van der Waals surface area contributed by atoms with Crippen molar-refractivity contribution in [3.8, 4) is 10.6 Å². The van der Waals surface area contributed by atoms with Crippen molar-refractivity contribution < 1.29 is 9.18 Å². The van der Waals surface area contributed by atoms with E-state index in [-0.39, 0.29) is 5.82 Å². The zero-order valence-electron chi connectivity index (χ0n) is 16.3. The number of anilines is 2. The SMILES string of the molecule is O=C(Nc1ccc(Cl)c(Cl)c1)Nc1nnc(-c2ccccc2SCc2ccc(F)cc2)s1.